The molecular formula is C18H18BrF3N4Pt. The van der Waals surface area contributed by atoms with Gasteiger partial charge in [-0.05, 0) is 17.7 Å². The number of nitrogens with zero attached hydrogens (tertiary/aromatic N) is 2. The maximum absolute atomic E-state index is 12.4. The number of alkyl halides is 3. The van der Waals surface area contributed by atoms with Crippen LogP contribution < -0.4 is 5.73 Å². The Morgan fingerprint density at radius 3 is 2.07 bits per heavy atom. The van der Waals surface area contributed by atoms with Gasteiger partial charge in [0.05, 0.1) is 0 Å². The molecule has 0 aliphatic rings. The molecule has 0 aliphatic carbocycles. The Balaban J connectivity index is 0.000000244. The van der Waals surface area contributed by atoms with E-state index in [1.165, 1.54) is 17.7 Å². The fraction of sp³-hybridized carbons (Fsp3) is 0.222. The molecule has 0 radical (unpaired) electrons. The Morgan fingerprint density at radius 1 is 1.07 bits per heavy atom. The average Bonchev–Trinajstić information content (AvgIpc) is 2.93. The van der Waals surface area contributed by atoms with Gasteiger partial charge >= 0.3 is 112 Å². The molecule has 0 amide bonds. The Labute approximate surface area is 174 Å². The molecule has 9 heteroatoms. The summed E-state index contributed by atoms with van der Waals surface area (Å²) in [5, 5.41) is 3.01. The predicted octanol–water partition coefficient (Wildman–Crippen LogP) is 4.34. The molecule has 3 aromatic rings. The van der Waals surface area contributed by atoms with Crippen LogP contribution in [0.1, 0.15) is 22.5 Å². The standard InChI is InChI=1S/C11H10F3N3.C7H8BrN.Pt/c1-17-7-15-10(16-17)6-8-2-4-9(5-3-8)11(12,13)14;8-7-3-1-6(5-9)2-4-7;/h2-5H,6H2,1H3,(H,15,16);1-4H,5,9H2;. The zero-order chi connectivity index (χ0) is 20.0. The number of halogens is 4. The molecule has 1 heterocycles. The molecule has 0 atom stereocenters. The van der Waals surface area contributed by atoms with Gasteiger partial charge in [0.15, 0.2) is 0 Å². The molecule has 0 saturated heterocycles. The van der Waals surface area contributed by atoms with E-state index < -0.39 is 11.7 Å². The van der Waals surface area contributed by atoms with E-state index in [0.29, 0.717) is 13.0 Å². The number of hydrogen-bond donors (Lipinski definition) is 2. The summed E-state index contributed by atoms with van der Waals surface area (Å²) in [7, 11) is 1.82. The zero-order valence-corrected chi connectivity index (χ0v) is 18.2. The van der Waals surface area contributed by atoms with Crippen LogP contribution in [0.25, 0.3) is 0 Å². The molecule has 0 spiro atoms. The van der Waals surface area contributed by atoms with E-state index in [1.807, 2.05) is 31.3 Å². The number of benzene rings is 2. The van der Waals surface area contributed by atoms with Crippen molar-refractivity contribution in [1.29, 1.82) is 0 Å². The average molecular weight is 622 g/mol. The third-order valence-electron chi connectivity index (χ3n) is 3.57. The van der Waals surface area contributed by atoms with Gasteiger partial charge in [-0.25, -0.2) is 0 Å². The number of nitrogens with two attached hydrogens (primary N) is 1. The van der Waals surface area contributed by atoms with Gasteiger partial charge in [-0.2, -0.15) is 0 Å². The first-order valence-electron chi connectivity index (χ1n) is 7.87. The first-order chi connectivity index (χ1) is 12.7. The van der Waals surface area contributed by atoms with Crippen LogP contribution in [0.15, 0.2) is 53.0 Å². The Hall–Kier alpha value is -1.50. The third kappa shape index (κ3) is 6.87. The van der Waals surface area contributed by atoms with Crippen molar-refractivity contribution in [2.45, 2.75) is 19.1 Å². The first-order valence-corrected chi connectivity index (χ1v) is 9.80. The Morgan fingerprint density at radius 2 is 1.63 bits per heavy atom. The number of H-pyrrole nitrogens is 1. The van der Waals surface area contributed by atoms with Crippen LogP contribution in [0.2, 0.25) is 0 Å². The number of aromatic amines is 1. The summed E-state index contributed by atoms with van der Waals surface area (Å²) < 4.78 is 40.8. The van der Waals surface area contributed by atoms with Gasteiger partial charge in [-0.1, -0.05) is 28.1 Å². The second-order valence-electron chi connectivity index (χ2n) is 5.67. The predicted molar refractivity (Wildman–Crippen MR) is 97.1 cm³/mol. The van der Waals surface area contributed by atoms with E-state index in [1.54, 1.807) is 4.68 Å². The summed E-state index contributed by atoms with van der Waals surface area (Å²) in [6, 6.07) is 13.1. The van der Waals surface area contributed by atoms with Crippen LogP contribution in [-0.2, 0) is 45.5 Å². The number of nitrogens with one attached hydrogen (secondary N) is 1. The molecule has 0 aliphatic heterocycles. The Bertz CT molecular complexity index is 916. The molecule has 27 heavy (non-hydrogen) atoms. The zero-order valence-electron chi connectivity index (χ0n) is 14.3. The molecule has 0 fully saturated rings. The van der Waals surface area contributed by atoms with Gasteiger partial charge in [-0.3, -0.25) is 0 Å². The fourth-order valence-electron chi connectivity index (χ4n) is 2.14. The van der Waals surface area contributed by atoms with Gasteiger partial charge in [0, 0.05) is 11.0 Å². The van der Waals surface area contributed by atoms with E-state index in [-0.39, 0.29) is 0 Å². The van der Waals surface area contributed by atoms with E-state index in [9.17, 15) is 13.2 Å². The van der Waals surface area contributed by atoms with Crippen molar-refractivity contribution in [2.24, 2.45) is 12.8 Å². The fourth-order valence-corrected chi connectivity index (χ4v) is 2.84. The van der Waals surface area contributed by atoms with Gasteiger partial charge in [0.2, 0.25) is 0 Å². The minimum absolute atomic E-state index is 0.481. The summed E-state index contributed by atoms with van der Waals surface area (Å²) in [4.78, 5) is 4.25. The summed E-state index contributed by atoms with van der Waals surface area (Å²) in [5.41, 5.74) is 6.70. The minimum Gasteiger partial charge on any atom is -0.326 e. The van der Waals surface area contributed by atoms with Crippen molar-refractivity contribution in [2.75, 3.05) is 0 Å². The Kier molecular flexibility index (Phi) is 7.77. The second kappa shape index (κ2) is 9.62. The number of aryl methyl sites for hydroxylation is 1. The van der Waals surface area contributed by atoms with Crippen molar-refractivity contribution in [3.8, 4) is 0 Å². The molecule has 1 aromatic heterocycles. The van der Waals surface area contributed by atoms with Crippen LogP contribution in [0.4, 0.5) is 13.2 Å². The van der Waals surface area contributed by atoms with Crippen molar-refractivity contribution >= 4 is 15.9 Å². The minimum atomic E-state index is -4.29. The smallest absolute Gasteiger partial charge is 0.0178 e. The maximum Gasteiger partial charge on any atom is 0.0178 e. The second-order valence-corrected chi connectivity index (χ2v) is 7.60. The molecule has 148 valence electrons. The summed E-state index contributed by atoms with van der Waals surface area (Å²) in [5.74, 6) is 0.724. The molecule has 0 unspecified atom stereocenters. The van der Waals surface area contributed by atoms with Gasteiger partial charge in [-0.15, -0.1) is 0 Å². The summed E-state index contributed by atoms with van der Waals surface area (Å²) in [6.45, 7) is 0.618. The first kappa shape index (κ1) is 21.8. The van der Waals surface area contributed by atoms with Gasteiger partial charge in [0.25, 0.3) is 0 Å². The normalized spacial score (nSPS) is 11.1. The van der Waals surface area contributed by atoms with Crippen LogP contribution in [-0.4, -0.2) is 14.8 Å². The molecule has 3 rings (SSSR count). The van der Waals surface area contributed by atoms with E-state index in [4.69, 9.17) is 5.73 Å². The number of rotatable bonds is 3. The summed E-state index contributed by atoms with van der Waals surface area (Å²) in [6.07, 6.45) is -3.81. The van der Waals surface area contributed by atoms with Gasteiger partial charge < -0.3 is 5.73 Å². The van der Waals surface area contributed by atoms with E-state index >= 15 is 0 Å². The topological polar surface area (TPSA) is 59.6 Å². The van der Waals surface area contributed by atoms with Crippen LogP contribution >= 0.6 is 15.9 Å². The molecule has 0 bridgehead atoms. The van der Waals surface area contributed by atoms with Crippen molar-refractivity contribution in [3.63, 3.8) is 0 Å². The quantitative estimate of drug-likeness (QED) is 0.457. The van der Waals surface area contributed by atoms with E-state index in [0.717, 1.165) is 31.8 Å². The number of hydrogen-bond acceptors (Lipinski definition) is 2. The van der Waals surface area contributed by atoms with Crippen molar-refractivity contribution in [3.05, 3.63) is 79.3 Å². The van der Waals surface area contributed by atoms with Crippen LogP contribution in [0, 0.1) is 3.80 Å². The molecule has 0 saturated carbocycles. The SMILES string of the molecule is Cn1[nH]c(Cc2ccc(C(F)(F)F)cc2)n[c]1=[Pt].NCc1ccc(Br)cc1. The monoisotopic (exact) mass is 621 g/mol. The van der Waals surface area contributed by atoms with Crippen LogP contribution in [0.3, 0.4) is 0 Å². The number of aromatic nitrogens is 3. The van der Waals surface area contributed by atoms with Crippen molar-refractivity contribution < 1.29 is 32.5 Å². The largest absolute Gasteiger partial charge is 0.326 e. The molecule has 3 N–H and O–H groups in total. The van der Waals surface area contributed by atoms with E-state index in [2.05, 4.69) is 45.4 Å². The van der Waals surface area contributed by atoms with Gasteiger partial charge in [0.1, 0.15) is 0 Å². The third-order valence-corrected chi connectivity index (χ3v) is 5.12. The molecule has 4 nitrogen and oxygen atoms in total. The van der Waals surface area contributed by atoms with Crippen LogP contribution in [0.5, 0.6) is 0 Å². The van der Waals surface area contributed by atoms with Crippen molar-refractivity contribution in [1.82, 2.24) is 14.8 Å². The molecule has 2 aromatic carbocycles. The summed E-state index contributed by atoms with van der Waals surface area (Å²) >= 11 is 5.39. The molecular weight excluding hydrogens is 604 g/mol. The maximum atomic E-state index is 12.4.